The molecule has 0 aliphatic carbocycles. The van der Waals surface area contributed by atoms with Gasteiger partial charge in [0.1, 0.15) is 25.4 Å². The fourth-order valence-electron chi connectivity index (χ4n) is 7.78. The van der Waals surface area contributed by atoms with Gasteiger partial charge in [0.25, 0.3) is 0 Å². The summed E-state index contributed by atoms with van der Waals surface area (Å²) in [6.45, 7) is 9.40. The molecule has 0 unspecified atom stereocenters. The van der Waals surface area contributed by atoms with Crippen molar-refractivity contribution >= 4 is 47.8 Å². The standard InChI is InChI=1S/C48H76O20/c1-31(49)59-29-39-41(61-33(3)51)43(63-35(5)53)45(65-37(7)55)47(67-39)57-27-25-23-21-19-17-15-13-11-9-10-12-14-16-18-20-22-24-26-28-58-48-46(66-38(8)56)44(64-36(6)54)42(62-34(4)52)40(68-48)30-60-32(2)50/h9-10,39-48H,11-30H2,1-8H3/b10-9+/t39-,40-,41+,42+,43+,44+,45-,46-,47+,48+/m1/s1. The van der Waals surface area contributed by atoms with E-state index in [0.29, 0.717) is 12.8 Å². The van der Waals surface area contributed by atoms with Gasteiger partial charge in [0.15, 0.2) is 49.2 Å². The van der Waals surface area contributed by atoms with Gasteiger partial charge in [-0.2, -0.15) is 0 Å². The Kier molecular flexibility index (Phi) is 29.5. The maximum atomic E-state index is 12.0. The normalized spacial score (nSPS) is 24.6. The van der Waals surface area contributed by atoms with E-state index in [1.54, 1.807) is 0 Å². The SMILES string of the molecule is CC(=O)OC[C@H]1O[C@H](OCCCCCCCCC/C=C/CCCCCCCCCO[C@H]2O[C@H](COC(C)=O)[C@H](OC(C)=O)[C@H](OC(C)=O)[C@H]2OC(C)=O)[C@H](OC(C)=O)[C@@H](OC(C)=O)[C@H]1OC(C)=O. The van der Waals surface area contributed by atoms with Crippen molar-refractivity contribution in [2.75, 3.05) is 26.4 Å². The van der Waals surface area contributed by atoms with Crippen molar-refractivity contribution < 1.29 is 95.2 Å². The molecule has 10 atom stereocenters. The number of esters is 8. The number of carbonyl (C=O) groups is 8. The van der Waals surface area contributed by atoms with E-state index in [4.69, 9.17) is 56.8 Å². The van der Waals surface area contributed by atoms with Crippen LogP contribution >= 0.6 is 0 Å². The molecule has 2 fully saturated rings. The molecule has 0 bridgehead atoms. The largest absolute Gasteiger partial charge is 0.463 e. The lowest BCUT2D eigenvalue weighted by Crippen LogP contribution is -2.63. The predicted octanol–water partition coefficient (Wildman–Crippen LogP) is 5.98. The predicted molar refractivity (Wildman–Crippen MR) is 239 cm³/mol. The van der Waals surface area contributed by atoms with Crippen molar-refractivity contribution in [3.63, 3.8) is 0 Å². The lowest BCUT2D eigenvalue weighted by molar-refractivity contribution is -0.308. The van der Waals surface area contributed by atoms with Crippen LogP contribution in [-0.2, 0) is 95.2 Å². The van der Waals surface area contributed by atoms with Crippen LogP contribution in [0.25, 0.3) is 0 Å². The second-order valence-corrected chi connectivity index (χ2v) is 16.9. The van der Waals surface area contributed by atoms with Gasteiger partial charge in [0.05, 0.1) is 0 Å². The van der Waals surface area contributed by atoms with E-state index in [-0.39, 0.29) is 26.4 Å². The highest BCUT2D eigenvalue weighted by Gasteiger charge is 2.54. The lowest BCUT2D eigenvalue weighted by atomic mass is 9.98. The maximum Gasteiger partial charge on any atom is 0.303 e. The number of carbonyl (C=O) groups excluding carboxylic acids is 8. The van der Waals surface area contributed by atoms with Crippen molar-refractivity contribution in [3.8, 4) is 0 Å². The van der Waals surface area contributed by atoms with Gasteiger partial charge >= 0.3 is 47.8 Å². The molecule has 2 heterocycles. The molecule has 68 heavy (non-hydrogen) atoms. The van der Waals surface area contributed by atoms with E-state index < -0.39 is 109 Å². The minimum absolute atomic E-state index is 0.265. The van der Waals surface area contributed by atoms with Crippen molar-refractivity contribution in [1.82, 2.24) is 0 Å². The number of unbranched alkanes of at least 4 members (excludes halogenated alkanes) is 14. The molecule has 2 aliphatic heterocycles. The molecule has 0 saturated carbocycles. The van der Waals surface area contributed by atoms with Crippen LogP contribution in [0.3, 0.4) is 0 Å². The molecule has 0 N–H and O–H groups in total. The Morgan fingerprint density at radius 3 is 0.897 bits per heavy atom. The summed E-state index contributed by atoms with van der Waals surface area (Å²) in [6.07, 6.45) is 8.95. The lowest BCUT2D eigenvalue weighted by Gasteiger charge is -2.44. The second-order valence-electron chi connectivity index (χ2n) is 16.9. The molecule has 2 aliphatic rings. The Bertz CT molecular complexity index is 1480. The first kappa shape index (κ1) is 59.5. The first-order chi connectivity index (χ1) is 32.4. The Morgan fingerprint density at radius 1 is 0.338 bits per heavy atom. The zero-order valence-electron chi connectivity index (χ0n) is 41.2. The van der Waals surface area contributed by atoms with Gasteiger partial charge in [-0.15, -0.1) is 0 Å². The van der Waals surface area contributed by atoms with E-state index in [2.05, 4.69) is 12.2 Å². The van der Waals surface area contributed by atoms with Crippen molar-refractivity contribution in [3.05, 3.63) is 12.2 Å². The quantitative estimate of drug-likeness (QED) is 0.0325. The number of allylic oxidation sites excluding steroid dienone is 2. The van der Waals surface area contributed by atoms with Crippen LogP contribution in [0.4, 0.5) is 0 Å². The zero-order chi connectivity index (χ0) is 50.4. The summed E-state index contributed by atoms with van der Waals surface area (Å²) < 4.78 is 66.7. The zero-order valence-corrected chi connectivity index (χ0v) is 41.2. The molecule has 0 aromatic heterocycles. The molecule has 20 heteroatoms. The minimum Gasteiger partial charge on any atom is -0.463 e. The van der Waals surface area contributed by atoms with E-state index in [1.807, 2.05) is 0 Å². The first-order valence-corrected chi connectivity index (χ1v) is 23.9. The molecule has 2 rings (SSSR count). The van der Waals surface area contributed by atoms with Crippen molar-refractivity contribution in [2.24, 2.45) is 0 Å². The van der Waals surface area contributed by atoms with Crippen molar-refractivity contribution in [2.45, 2.75) is 220 Å². The van der Waals surface area contributed by atoms with Gasteiger partial charge in [-0.05, 0) is 38.5 Å². The highest BCUT2D eigenvalue weighted by Crippen LogP contribution is 2.32. The topological polar surface area (TPSA) is 247 Å². The summed E-state index contributed by atoms with van der Waals surface area (Å²) in [7, 11) is 0. The molecular weight excluding hydrogens is 897 g/mol. The fraction of sp³-hybridized carbons (Fsp3) is 0.792. The molecule has 0 amide bonds. The Balaban J connectivity index is 1.61. The number of hydrogen-bond acceptors (Lipinski definition) is 20. The summed E-state index contributed by atoms with van der Waals surface area (Å²) in [5.74, 6) is -5.32. The van der Waals surface area contributed by atoms with Crippen LogP contribution in [0.2, 0.25) is 0 Å². The van der Waals surface area contributed by atoms with Gasteiger partial charge in [0, 0.05) is 68.6 Å². The monoisotopic (exact) mass is 972 g/mol. The third-order valence-corrected chi connectivity index (χ3v) is 10.7. The van der Waals surface area contributed by atoms with E-state index in [0.717, 1.165) is 89.9 Å². The van der Waals surface area contributed by atoms with E-state index in [1.165, 1.54) is 55.4 Å². The van der Waals surface area contributed by atoms with E-state index >= 15 is 0 Å². The Morgan fingerprint density at radius 2 is 0.603 bits per heavy atom. The summed E-state index contributed by atoms with van der Waals surface area (Å²) in [6, 6.07) is 0. The number of hydrogen-bond donors (Lipinski definition) is 0. The number of ether oxygens (including phenoxy) is 12. The summed E-state index contributed by atoms with van der Waals surface area (Å²) in [4.78, 5) is 95.0. The maximum absolute atomic E-state index is 12.0. The summed E-state index contributed by atoms with van der Waals surface area (Å²) in [5.41, 5.74) is 0. The van der Waals surface area contributed by atoms with Crippen LogP contribution in [-0.4, -0.2) is 136 Å². The molecule has 2 saturated heterocycles. The summed E-state index contributed by atoms with van der Waals surface area (Å²) >= 11 is 0. The Labute approximate surface area is 400 Å². The Hall–Kier alpha value is -4.66. The molecule has 20 nitrogen and oxygen atoms in total. The third kappa shape index (κ3) is 25.1. The minimum atomic E-state index is -1.26. The molecular formula is C48H76O20. The molecule has 0 spiro atoms. The molecule has 0 aromatic rings. The molecule has 388 valence electrons. The van der Waals surface area contributed by atoms with Gasteiger partial charge in [0.2, 0.25) is 0 Å². The average Bonchev–Trinajstić information content (AvgIpc) is 3.24. The first-order valence-electron chi connectivity index (χ1n) is 23.9. The van der Waals surface area contributed by atoms with Crippen LogP contribution in [0.5, 0.6) is 0 Å². The van der Waals surface area contributed by atoms with Gasteiger partial charge in [-0.25, -0.2) is 0 Å². The summed E-state index contributed by atoms with van der Waals surface area (Å²) in [5, 5.41) is 0. The second kappa shape index (κ2) is 33.8. The fourth-order valence-corrected chi connectivity index (χ4v) is 7.78. The third-order valence-electron chi connectivity index (χ3n) is 10.7. The highest BCUT2D eigenvalue weighted by molar-refractivity contribution is 5.70. The van der Waals surface area contributed by atoms with Crippen LogP contribution in [0, 0.1) is 0 Å². The van der Waals surface area contributed by atoms with Gasteiger partial charge < -0.3 is 56.8 Å². The van der Waals surface area contributed by atoms with Gasteiger partial charge in [-0.3, -0.25) is 38.4 Å². The molecule has 0 aromatic carbocycles. The average molecular weight is 973 g/mol. The van der Waals surface area contributed by atoms with Crippen LogP contribution < -0.4 is 0 Å². The van der Waals surface area contributed by atoms with Crippen LogP contribution in [0.15, 0.2) is 12.2 Å². The highest BCUT2D eigenvalue weighted by atomic mass is 16.7. The number of rotatable bonds is 32. The van der Waals surface area contributed by atoms with Crippen molar-refractivity contribution in [1.29, 1.82) is 0 Å². The van der Waals surface area contributed by atoms with E-state index in [9.17, 15) is 38.4 Å². The molecule has 0 radical (unpaired) electrons. The smallest absolute Gasteiger partial charge is 0.303 e. The van der Waals surface area contributed by atoms with Crippen LogP contribution in [0.1, 0.15) is 158 Å². The van der Waals surface area contributed by atoms with Gasteiger partial charge in [-0.1, -0.05) is 76.4 Å².